The molecule has 3 aromatic carbocycles. The summed E-state index contributed by atoms with van der Waals surface area (Å²) in [6, 6.07) is 22.3. The van der Waals surface area contributed by atoms with Crippen molar-refractivity contribution in [2.75, 3.05) is 5.32 Å². The molecule has 0 spiro atoms. The van der Waals surface area contributed by atoms with Gasteiger partial charge in [-0.15, -0.1) is 0 Å². The summed E-state index contributed by atoms with van der Waals surface area (Å²) in [5.41, 5.74) is 2.51. The van der Waals surface area contributed by atoms with Crippen molar-refractivity contribution in [3.63, 3.8) is 0 Å². The van der Waals surface area contributed by atoms with E-state index in [-0.39, 0.29) is 16.6 Å². The summed E-state index contributed by atoms with van der Waals surface area (Å²) >= 11 is 0. The molecule has 0 aliphatic heterocycles. The number of sulfone groups is 1. The number of H-pyrrole nitrogens is 1. The monoisotopic (exact) mass is 458 g/mol. The molecule has 1 fully saturated rings. The molecule has 7 nitrogen and oxygen atoms in total. The van der Waals surface area contributed by atoms with Crippen LogP contribution >= 0.6 is 0 Å². The van der Waals surface area contributed by atoms with Gasteiger partial charge < -0.3 is 5.32 Å². The number of benzene rings is 3. The van der Waals surface area contributed by atoms with Gasteiger partial charge in [0.05, 0.1) is 10.6 Å². The van der Waals surface area contributed by atoms with Gasteiger partial charge in [0.2, 0.25) is 0 Å². The molecule has 1 amide bonds. The summed E-state index contributed by atoms with van der Waals surface area (Å²) in [5.74, 6) is 1.60. The van der Waals surface area contributed by atoms with Crippen LogP contribution in [0.4, 0.5) is 5.69 Å². The van der Waals surface area contributed by atoms with E-state index in [0.29, 0.717) is 28.6 Å². The van der Waals surface area contributed by atoms with E-state index in [2.05, 4.69) is 20.5 Å². The van der Waals surface area contributed by atoms with Crippen molar-refractivity contribution in [1.29, 1.82) is 0 Å². The van der Waals surface area contributed by atoms with Crippen molar-refractivity contribution in [3.05, 3.63) is 95.8 Å². The average molecular weight is 459 g/mol. The zero-order valence-corrected chi connectivity index (χ0v) is 18.5. The smallest absolute Gasteiger partial charge is 0.255 e. The molecule has 0 unspecified atom stereocenters. The number of amides is 1. The fraction of sp³-hybridized carbons (Fsp3) is 0.160. The van der Waals surface area contributed by atoms with Gasteiger partial charge in [0.25, 0.3) is 5.91 Å². The third-order valence-corrected chi connectivity index (χ3v) is 7.22. The quantitative estimate of drug-likeness (QED) is 0.422. The van der Waals surface area contributed by atoms with Crippen LogP contribution in [0.1, 0.15) is 40.5 Å². The lowest BCUT2D eigenvalue weighted by molar-refractivity contribution is 0.102. The van der Waals surface area contributed by atoms with Gasteiger partial charge in [-0.1, -0.05) is 42.5 Å². The normalized spacial score (nSPS) is 13.6. The maximum Gasteiger partial charge on any atom is 0.255 e. The van der Waals surface area contributed by atoms with E-state index in [1.165, 1.54) is 0 Å². The van der Waals surface area contributed by atoms with Crippen LogP contribution in [0.5, 0.6) is 0 Å². The lowest BCUT2D eigenvalue weighted by atomic mass is 10.1. The molecule has 166 valence electrons. The molecule has 0 saturated heterocycles. The number of hydrogen-bond acceptors (Lipinski definition) is 5. The highest BCUT2D eigenvalue weighted by atomic mass is 32.2. The molecule has 0 bridgehead atoms. The maximum atomic E-state index is 12.7. The van der Waals surface area contributed by atoms with E-state index in [1.807, 2.05) is 18.2 Å². The van der Waals surface area contributed by atoms with E-state index in [0.717, 1.165) is 24.2 Å². The number of aromatic amines is 1. The summed E-state index contributed by atoms with van der Waals surface area (Å²) in [4.78, 5) is 17.5. The van der Waals surface area contributed by atoms with Crippen molar-refractivity contribution in [3.8, 4) is 11.4 Å². The molecule has 0 atom stereocenters. The standard InChI is InChI=1S/C25H22N4O3S/c30-25(19-11-9-17(10-12-19)16-33(31,32)22-7-2-1-3-8-22)26-21-6-4-5-20(15-21)24-27-23(28-29-24)18-13-14-18/h1-12,15,18H,13-14,16H2,(H,26,30)(H,27,28,29). The first-order valence-electron chi connectivity index (χ1n) is 10.7. The largest absolute Gasteiger partial charge is 0.322 e. The lowest BCUT2D eigenvalue weighted by Gasteiger charge is -2.08. The molecule has 1 heterocycles. The van der Waals surface area contributed by atoms with Crippen LogP contribution < -0.4 is 5.32 Å². The number of nitrogens with zero attached hydrogens (tertiary/aromatic N) is 2. The van der Waals surface area contributed by atoms with Crippen LogP contribution in [-0.4, -0.2) is 29.5 Å². The molecule has 1 aromatic heterocycles. The Hall–Kier alpha value is -3.78. The third-order valence-electron chi connectivity index (χ3n) is 5.52. The molecule has 1 saturated carbocycles. The minimum absolute atomic E-state index is 0.125. The average Bonchev–Trinajstić information content (AvgIpc) is 3.56. The highest BCUT2D eigenvalue weighted by molar-refractivity contribution is 7.90. The third kappa shape index (κ3) is 4.85. The van der Waals surface area contributed by atoms with E-state index >= 15 is 0 Å². The second-order valence-electron chi connectivity index (χ2n) is 8.12. The van der Waals surface area contributed by atoms with Gasteiger partial charge in [-0.05, 0) is 54.8 Å². The van der Waals surface area contributed by atoms with Crippen molar-refractivity contribution >= 4 is 21.4 Å². The van der Waals surface area contributed by atoms with Crippen molar-refractivity contribution < 1.29 is 13.2 Å². The number of carbonyl (C=O) groups is 1. The highest BCUT2D eigenvalue weighted by Gasteiger charge is 2.27. The van der Waals surface area contributed by atoms with Crippen LogP contribution in [0.3, 0.4) is 0 Å². The zero-order valence-electron chi connectivity index (χ0n) is 17.7. The van der Waals surface area contributed by atoms with Crippen molar-refractivity contribution in [1.82, 2.24) is 15.2 Å². The molecule has 4 aromatic rings. The van der Waals surface area contributed by atoms with Gasteiger partial charge in [-0.3, -0.25) is 9.89 Å². The van der Waals surface area contributed by atoms with E-state index in [9.17, 15) is 13.2 Å². The predicted octanol–water partition coefficient (Wildman–Crippen LogP) is 4.58. The highest BCUT2D eigenvalue weighted by Crippen LogP contribution is 2.38. The second-order valence-corrected chi connectivity index (χ2v) is 10.1. The summed E-state index contributed by atoms with van der Waals surface area (Å²) in [6.45, 7) is 0. The van der Waals surface area contributed by atoms with Crippen LogP contribution in [0.2, 0.25) is 0 Å². The van der Waals surface area contributed by atoms with Crippen molar-refractivity contribution in [2.45, 2.75) is 29.4 Å². The van der Waals surface area contributed by atoms with Crippen molar-refractivity contribution in [2.24, 2.45) is 0 Å². The number of nitrogens with one attached hydrogen (secondary N) is 2. The van der Waals surface area contributed by atoms with Gasteiger partial charge in [-0.25, -0.2) is 13.4 Å². The summed E-state index contributed by atoms with van der Waals surface area (Å²) < 4.78 is 25.1. The van der Waals surface area contributed by atoms with Crippen LogP contribution in [0.25, 0.3) is 11.4 Å². The number of aromatic nitrogens is 3. The molecule has 1 aliphatic carbocycles. The predicted molar refractivity (Wildman–Crippen MR) is 126 cm³/mol. The summed E-state index contributed by atoms with van der Waals surface area (Å²) in [7, 11) is -3.44. The minimum Gasteiger partial charge on any atom is -0.322 e. The Balaban J connectivity index is 1.26. The summed E-state index contributed by atoms with van der Waals surface area (Å²) in [6.07, 6.45) is 2.28. The molecule has 2 N–H and O–H groups in total. The molecule has 1 aliphatic rings. The Labute approximate surface area is 191 Å². The Morgan fingerprint density at radius 3 is 2.45 bits per heavy atom. The molecule has 8 heteroatoms. The SMILES string of the molecule is O=C(Nc1cccc(-c2n[nH]c(C3CC3)n2)c1)c1ccc(CS(=O)(=O)c2ccccc2)cc1. The van der Waals surface area contributed by atoms with Gasteiger partial charge >= 0.3 is 0 Å². The first kappa shape index (κ1) is 21.1. The Kier molecular flexibility index (Phi) is 5.51. The molecular formula is C25H22N4O3S. The van der Waals surface area contributed by atoms with E-state index in [4.69, 9.17) is 0 Å². The second kappa shape index (κ2) is 8.63. The Bertz CT molecular complexity index is 1390. The first-order valence-corrected chi connectivity index (χ1v) is 12.3. The Morgan fingerprint density at radius 2 is 1.73 bits per heavy atom. The number of rotatable bonds is 7. The van der Waals surface area contributed by atoms with Crippen LogP contribution in [0.15, 0.2) is 83.8 Å². The fourth-order valence-electron chi connectivity index (χ4n) is 3.56. The molecular weight excluding hydrogens is 436 g/mol. The zero-order chi connectivity index (χ0) is 22.8. The minimum atomic E-state index is -3.44. The number of anilines is 1. The molecule has 5 rings (SSSR count). The van der Waals surface area contributed by atoms with E-state index in [1.54, 1.807) is 60.7 Å². The van der Waals surface area contributed by atoms with Crippen LogP contribution in [-0.2, 0) is 15.6 Å². The lowest BCUT2D eigenvalue weighted by Crippen LogP contribution is -2.12. The fourth-order valence-corrected chi connectivity index (χ4v) is 4.93. The molecule has 0 radical (unpaired) electrons. The van der Waals surface area contributed by atoms with Gasteiger partial charge in [0.1, 0.15) is 5.82 Å². The molecule has 33 heavy (non-hydrogen) atoms. The topological polar surface area (TPSA) is 105 Å². The van der Waals surface area contributed by atoms with Gasteiger partial charge in [-0.2, -0.15) is 5.10 Å². The Morgan fingerprint density at radius 1 is 0.970 bits per heavy atom. The summed E-state index contributed by atoms with van der Waals surface area (Å²) in [5, 5.41) is 10.2. The number of hydrogen-bond donors (Lipinski definition) is 2. The maximum absolute atomic E-state index is 12.7. The van der Waals surface area contributed by atoms with Crippen LogP contribution in [0, 0.1) is 0 Å². The van der Waals surface area contributed by atoms with E-state index < -0.39 is 9.84 Å². The number of carbonyl (C=O) groups excluding carboxylic acids is 1. The van der Waals surface area contributed by atoms with Gasteiger partial charge in [0.15, 0.2) is 15.7 Å². The first-order chi connectivity index (χ1) is 16.0. The van der Waals surface area contributed by atoms with Gasteiger partial charge in [0, 0.05) is 22.7 Å².